The monoisotopic (exact) mass is 323 g/mol. The number of nitrogens with one attached hydrogen (secondary N) is 1. The van der Waals surface area contributed by atoms with Crippen LogP contribution in [0.1, 0.15) is 35.4 Å². The number of rotatable bonds is 2. The molecule has 1 amide bonds. The van der Waals surface area contributed by atoms with Gasteiger partial charge in [-0.3, -0.25) is 4.79 Å². The highest BCUT2D eigenvalue weighted by Crippen LogP contribution is 2.23. The summed E-state index contributed by atoms with van der Waals surface area (Å²) >= 11 is 0. The fourth-order valence-corrected chi connectivity index (χ4v) is 4.79. The molecule has 1 aliphatic heterocycles. The van der Waals surface area contributed by atoms with E-state index in [1.54, 1.807) is 6.92 Å². The molecule has 9 heteroatoms. The van der Waals surface area contributed by atoms with Crippen LogP contribution in [0.3, 0.4) is 0 Å². The van der Waals surface area contributed by atoms with Crippen molar-refractivity contribution in [2.75, 3.05) is 11.5 Å². The van der Waals surface area contributed by atoms with E-state index in [1.807, 2.05) is 19.9 Å². The zero-order valence-corrected chi connectivity index (χ0v) is 13.4. The Hall–Kier alpha value is -2.03. The number of aromatic nitrogens is 4. The lowest BCUT2D eigenvalue weighted by molar-refractivity contribution is 0.0905. The number of aryl methyl sites for hydroxylation is 2. The number of nitrogens with zero attached hydrogens (tertiary/aromatic N) is 4. The molecule has 8 nitrogen and oxygen atoms in total. The van der Waals surface area contributed by atoms with Crippen LogP contribution in [0, 0.1) is 13.8 Å². The van der Waals surface area contributed by atoms with Crippen molar-refractivity contribution in [1.82, 2.24) is 24.9 Å². The number of carbonyl (C=O) groups is 1. The minimum absolute atomic E-state index is 0.00766. The van der Waals surface area contributed by atoms with E-state index in [9.17, 15) is 13.2 Å². The van der Waals surface area contributed by atoms with Crippen molar-refractivity contribution in [3.63, 3.8) is 0 Å². The molecule has 1 unspecified atom stereocenters. The van der Waals surface area contributed by atoms with Gasteiger partial charge >= 0.3 is 0 Å². The van der Waals surface area contributed by atoms with Gasteiger partial charge in [-0.2, -0.15) is 4.98 Å². The Bertz CT molecular complexity index is 873. The van der Waals surface area contributed by atoms with Gasteiger partial charge in [-0.05, 0) is 33.3 Å². The summed E-state index contributed by atoms with van der Waals surface area (Å²) in [6, 6.07) is 1.84. The zero-order chi connectivity index (χ0) is 16.1. The minimum atomic E-state index is -3.09. The van der Waals surface area contributed by atoms with Crippen LogP contribution in [0.15, 0.2) is 6.07 Å². The number of hydrogen-bond acceptors (Lipinski definition) is 6. The van der Waals surface area contributed by atoms with Gasteiger partial charge in [0.05, 0.1) is 17.0 Å². The third kappa shape index (κ3) is 2.68. The van der Waals surface area contributed by atoms with Crippen LogP contribution in [0.5, 0.6) is 0 Å². The molecule has 22 heavy (non-hydrogen) atoms. The molecular formula is C13H17N5O3S. The second-order valence-electron chi connectivity index (χ2n) is 6.04. The highest BCUT2D eigenvalue weighted by Gasteiger charge is 2.40. The minimum Gasteiger partial charge on any atom is -0.343 e. The number of amides is 1. The van der Waals surface area contributed by atoms with E-state index in [2.05, 4.69) is 20.4 Å². The second kappa shape index (κ2) is 4.73. The van der Waals surface area contributed by atoms with Crippen molar-refractivity contribution in [3.8, 4) is 0 Å². The molecule has 118 valence electrons. The summed E-state index contributed by atoms with van der Waals surface area (Å²) in [5.41, 5.74) is 0.841. The van der Waals surface area contributed by atoms with Gasteiger partial charge in [-0.15, -0.1) is 5.10 Å². The van der Waals surface area contributed by atoms with Gasteiger partial charge in [0.2, 0.25) is 5.82 Å². The fourth-order valence-electron chi connectivity index (χ4n) is 2.70. The smallest absolute Gasteiger partial charge is 0.291 e. The van der Waals surface area contributed by atoms with Crippen LogP contribution < -0.4 is 5.32 Å². The van der Waals surface area contributed by atoms with Crippen LogP contribution in [0.25, 0.3) is 5.78 Å². The average Bonchev–Trinajstić information content (AvgIpc) is 2.90. The Labute approximate surface area is 127 Å². The van der Waals surface area contributed by atoms with Gasteiger partial charge < -0.3 is 5.32 Å². The predicted molar refractivity (Wildman–Crippen MR) is 79.4 cm³/mol. The van der Waals surface area contributed by atoms with Crippen LogP contribution in [-0.2, 0) is 9.84 Å². The van der Waals surface area contributed by atoms with Crippen LogP contribution in [0.2, 0.25) is 0 Å². The molecule has 0 aliphatic carbocycles. The molecule has 0 bridgehead atoms. The Morgan fingerprint density at radius 3 is 2.73 bits per heavy atom. The van der Waals surface area contributed by atoms with Gasteiger partial charge in [0.15, 0.2) is 9.84 Å². The van der Waals surface area contributed by atoms with Gasteiger partial charge in [0.1, 0.15) is 0 Å². The van der Waals surface area contributed by atoms with Gasteiger partial charge in [0, 0.05) is 11.4 Å². The molecule has 2 aromatic rings. The van der Waals surface area contributed by atoms with Crippen LogP contribution in [-0.4, -0.2) is 51.0 Å². The number of carbonyl (C=O) groups excluding carboxylic acids is 1. The van der Waals surface area contributed by atoms with E-state index in [4.69, 9.17) is 0 Å². The molecule has 1 saturated heterocycles. The summed E-state index contributed by atoms with van der Waals surface area (Å²) in [5, 5.41) is 6.88. The third-order valence-electron chi connectivity index (χ3n) is 3.74. The lowest BCUT2D eigenvalue weighted by Crippen LogP contribution is -2.47. The van der Waals surface area contributed by atoms with Crippen molar-refractivity contribution in [2.24, 2.45) is 0 Å². The first kappa shape index (κ1) is 14.9. The molecule has 3 heterocycles. The average molecular weight is 323 g/mol. The lowest BCUT2D eigenvalue weighted by atomic mass is 10.0. The molecule has 3 rings (SSSR count). The van der Waals surface area contributed by atoms with Crippen molar-refractivity contribution in [2.45, 2.75) is 32.7 Å². The maximum atomic E-state index is 12.3. The SMILES string of the molecule is Cc1cc(C)n2nc(C(=O)NC3(C)CCS(=O)(=O)C3)nc2n1. The first-order valence-corrected chi connectivity index (χ1v) is 8.74. The predicted octanol–water partition coefficient (Wildman–Crippen LogP) is 0.0481. The van der Waals surface area contributed by atoms with Crippen molar-refractivity contribution in [1.29, 1.82) is 0 Å². The molecule has 1 fully saturated rings. The maximum Gasteiger partial charge on any atom is 0.291 e. The first-order valence-electron chi connectivity index (χ1n) is 6.91. The van der Waals surface area contributed by atoms with Gasteiger partial charge in [-0.25, -0.2) is 17.9 Å². The van der Waals surface area contributed by atoms with Crippen LogP contribution in [0.4, 0.5) is 0 Å². The van der Waals surface area contributed by atoms with E-state index in [0.717, 1.165) is 11.4 Å². The molecule has 0 radical (unpaired) electrons. The van der Waals surface area contributed by atoms with Crippen molar-refractivity contribution in [3.05, 3.63) is 23.3 Å². The summed E-state index contributed by atoms with van der Waals surface area (Å²) in [6.45, 7) is 5.41. The molecule has 0 saturated carbocycles. The molecule has 1 N–H and O–H groups in total. The van der Waals surface area contributed by atoms with E-state index in [0.29, 0.717) is 12.2 Å². The normalized spacial score (nSPS) is 23.8. The van der Waals surface area contributed by atoms with Gasteiger partial charge in [-0.1, -0.05) is 0 Å². The fraction of sp³-hybridized carbons (Fsp3) is 0.538. The number of sulfone groups is 1. The van der Waals surface area contributed by atoms with Gasteiger partial charge in [0.25, 0.3) is 11.7 Å². The number of fused-ring (bicyclic) bond motifs is 1. The van der Waals surface area contributed by atoms with E-state index in [-0.39, 0.29) is 17.3 Å². The van der Waals surface area contributed by atoms with Crippen molar-refractivity contribution >= 4 is 21.5 Å². The first-order chi connectivity index (χ1) is 10.2. The molecule has 2 aromatic heterocycles. The molecule has 1 atom stereocenters. The quantitative estimate of drug-likeness (QED) is 0.837. The molecular weight excluding hydrogens is 306 g/mol. The standard InChI is InChI=1S/C13H17N5O3S/c1-8-6-9(2)18-12(14-8)15-10(17-18)11(19)16-13(3)4-5-22(20,21)7-13/h6H,4-5,7H2,1-3H3,(H,16,19). The van der Waals surface area contributed by atoms with E-state index < -0.39 is 21.3 Å². The highest BCUT2D eigenvalue weighted by atomic mass is 32.2. The highest BCUT2D eigenvalue weighted by molar-refractivity contribution is 7.91. The van der Waals surface area contributed by atoms with E-state index >= 15 is 0 Å². The summed E-state index contributed by atoms with van der Waals surface area (Å²) in [6.07, 6.45) is 0.394. The second-order valence-corrected chi connectivity index (χ2v) is 8.23. The maximum absolute atomic E-state index is 12.3. The third-order valence-corrected chi connectivity index (χ3v) is 5.64. The Kier molecular flexibility index (Phi) is 3.20. The topological polar surface area (TPSA) is 106 Å². The molecule has 1 aliphatic rings. The summed E-state index contributed by atoms with van der Waals surface area (Å²) in [7, 11) is -3.09. The Balaban J connectivity index is 1.88. The van der Waals surface area contributed by atoms with Crippen LogP contribution >= 0.6 is 0 Å². The summed E-state index contributed by atoms with van der Waals surface area (Å²) in [5.74, 6) is -0.113. The molecule has 0 aromatic carbocycles. The zero-order valence-electron chi connectivity index (χ0n) is 12.6. The Morgan fingerprint density at radius 2 is 2.09 bits per heavy atom. The summed E-state index contributed by atoms with van der Waals surface area (Å²) in [4.78, 5) is 20.7. The van der Waals surface area contributed by atoms with E-state index in [1.165, 1.54) is 4.52 Å². The Morgan fingerprint density at radius 1 is 1.36 bits per heavy atom. The lowest BCUT2D eigenvalue weighted by Gasteiger charge is -2.22. The number of hydrogen-bond donors (Lipinski definition) is 1. The van der Waals surface area contributed by atoms with Crippen molar-refractivity contribution < 1.29 is 13.2 Å². The summed E-state index contributed by atoms with van der Waals surface area (Å²) < 4.78 is 24.7. The largest absolute Gasteiger partial charge is 0.343 e. The molecule has 0 spiro atoms.